The average Bonchev–Trinajstić information content (AvgIpc) is 3.56. The molecule has 3 N–H and O–H groups in total. The lowest BCUT2D eigenvalue weighted by atomic mass is 9.93. The van der Waals surface area contributed by atoms with Crippen LogP contribution in [0.2, 0.25) is 0 Å². The summed E-state index contributed by atoms with van der Waals surface area (Å²) in [4.78, 5) is 26.6. The van der Waals surface area contributed by atoms with Gasteiger partial charge in [0.05, 0.1) is 25.0 Å². The minimum Gasteiger partial charge on any atom is -0.503 e. The number of aliphatic hydroxyl groups is 1. The van der Waals surface area contributed by atoms with Gasteiger partial charge in [0, 0.05) is 33.4 Å². The van der Waals surface area contributed by atoms with Crippen molar-refractivity contribution < 1.29 is 38.7 Å². The van der Waals surface area contributed by atoms with Crippen LogP contribution >= 0.6 is 0 Å². The summed E-state index contributed by atoms with van der Waals surface area (Å²) >= 11 is 0. The summed E-state index contributed by atoms with van der Waals surface area (Å²) in [7, 11) is 4.56. The Kier molecular flexibility index (Phi) is 7.58. The number of carbonyl (C=O) groups is 2. The highest BCUT2D eigenvalue weighted by Crippen LogP contribution is 2.39. The highest BCUT2D eigenvalue weighted by molar-refractivity contribution is 5.95. The van der Waals surface area contributed by atoms with E-state index in [0.29, 0.717) is 24.9 Å². The number of nitrogens with one attached hydrogen (secondary N) is 1. The number of alkyl carbamates (subject to hydrolysis) is 1. The van der Waals surface area contributed by atoms with Gasteiger partial charge in [-0.15, -0.1) is 0 Å². The van der Waals surface area contributed by atoms with Crippen molar-refractivity contribution in [1.82, 2.24) is 5.32 Å². The molecule has 0 aromatic heterocycles. The van der Waals surface area contributed by atoms with Crippen molar-refractivity contribution in [2.45, 2.75) is 69.2 Å². The molecule has 10 heteroatoms. The number of benzene rings is 1. The van der Waals surface area contributed by atoms with Crippen molar-refractivity contribution in [3.8, 4) is 11.5 Å². The average molecular weight is 503 g/mol. The number of hydrogen-bond acceptors (Lipinski definition) is 8. The third-order valence-corrected chi connectivity index (χ3v) is 6.90. The number of fused-ring (bicyclic) bond motifs is 5. The highest BCUT2D eigenvalue weighted by Gasteiger charge is 2.48. The van der Waals surface area contributed by atoms with E-state index in [0.717, 1.165) is 11.1 Å². The Morgan fingerprint density at radius 2 is 2.00 bits per heavy atom. The lowest BCUT2D eigenvalue weighted by molar-refractivity contribution is -0.135. The zero-order valence-electron chi connectivity index (χ0n) is 21.0. The van der Waals surface area contributed by atoms with Gasteiger partial charge in [-0.3, -0.25) is 10.1 Å². The number of hydrogen-bond donors (Lipinski definition) is 3. The second-order valence-corrected chi connectivity index (χ2v) is 9.62. The molecule has 3 aliphatic rings. The normalized spacial score (nSPS) is 33.5. The molecule has 3 heterocycles. The Bertz CT molecular complexity index is 1070. The van der Waals surface area contributed by atoms with E-state index in [1.807, 2.05) is 13.0 Å². The number of anilines is 1. The molecule has 2 amide bonds. The van der Waals surface area contributed by atoms with Crippen LogP contribution in [-0.2, 0) is 25.4 Å². The number of phenols is 1. The van der Waals surface area contributed by atoms with E-state index in [1.54, 1.807) is 31.3 Å². The van der Waals surface area contributed by atoms with E-state index in [1.165, 1.54) is 19.1 Å². The third kappa shape index (κ3) is 5.66. The largest absolute Gasteiger partial charge is 0.503 e. The lowest BCUT2D eigenvalue weighted by Gasteiger charge is -2.40. The Hall–Kier alpha value is -3.08. The molecule has 196 valence electrons. The number of rotatable bonds is 2. The number of phenolic OH excluding ortho intramolecular Hbond substituents is 1. The van der Waals surface area contributed by atoms with E-state index < -0.39 is 24.0 Å². The molecular weight excluding hydrogens is 468 g/mol. The van der Waals surface area contributed by atoms with Crippen LogP contribution in [0, 0.1) is 0 Å². The maximum Gasteiger partial charge on any atom is 0.409 e. The summed E-state index contributed by atoms with van der Waals surface area (Å²) in [5.41, 5.74) is 0.562. The zero-order valence-corrected chi connectivity index (χ0v) is 21.0. The molecular formula is C26H34N2O8. The molecule has 1 aromatic carbocycles. The van der Waals surface area contributed by atoms with Gasteiger partial charge >= 0.3 is 6.09 Å². The van der Waals surface area contributed by atoms with Gasteiger partial charge in [0.25, 0.3) is 0 Å². The fraction of sp³-hybridized carbons (Fsp3) is 0.538. The zero-order chi connectivity index (χ0) is 26.0. The molecule has 2 saturated heterocycles. The van der Waals surface area contributed by atoms with Gasteiger partial charge in [0.2, 0.25) is 5.91 Å². The topological polar surface area (TPSA) is 130 Å². The summed E-state index contributed by atoms with van der Waals surface area (Å²) in [6.07, 6.45) is 4.68. The quantitative estimate of drug-likeness (QED) is 0.526. The first-order valence-corrected chi connectivity index (χ1v) is 12.0. The van der Waals surface area contributed by atoms with Gasteiger partial charge < -0.3 is 34.1 Å². The standard InChI is InChI=1S/C26H34N2O8/c1-15-6-5-7-22(34-4)26(32)14-17(35-25(31)27-26)13-20-19(36-20)8-9-23(29)28(2)18-11-16(10-15)12-21(33-3)24(18)30/h5-7,11-12,17,19-20,22,30,32H,8-10,13-14H2,1-4H3,(H,27,31)/b7-5+,15-6+/t17?,19?,20?,22-,26+/m1/s1. The Balaban J connectivity index is 1.66. The van der Waals surface area contributed by atoms with Crippen molar-refractivity contribution in [1.29, 1.82) is 0 Å². The van der Waals surface area contributed by atoms with Crippen LogP contribution in [0.15, 0.2) is 35.9 Å². The Labute approximate surface area is 210 Å². The second-order valence-electron chi connectivity index (χ2n) is 9.62. The predicted octanol–water partition coefficient (Wildman–Crippen LogP) is 2.56. The van der Waals surface area contributed by atoms with E-state index in [9.17, 15) is 19.8 Å². The number of epoxide rings is 1. The van der Waals surface area contributed by atoms with Gasteiger partial charge in [-0.2, -0.15) is 0 Å². The van der Waals surface area contributed by atoms with Crippen molar-refractivity contribution in [2.75, 3.05) is 26.2 Å². The lowest BCUT2D eigenvalue weighted by Crippen LogP contribution is -2.62. The van der Waals surface area contributed by atoms with Crippen LogP contribution < -0.4 is 15.0 Å². The van der Waals surface area contributed by atoms with E-state index in [4.69, 9.17) is 18.9 Å². The van der Waals surface area contributed by atoms with E-state index in [-0.39, 0.29) is 42.5 Å². The third-order valence-electron chi connectivity index (χ3n) is 6.90. The minimum absolute atomic E-state index is 0.0946. The van der Waals surface area contributed by atoms with Gasteiger partial charge in [-0.1, -0.05) is 23.8 Å². The monoisotopic (exact) mass is 502 g/mol. The van der Waals surface area contributed by atoms with Crippen molar-refractivity contribution in [3.05, 3.63) is 41.5 Å². The summed E-state index contributed by atoms with van der Waals surface area (Å²) < 4.78 is 22.0. The Morgan fingerprint density at radius 3 is 2.72 bits per heavy atom. The van der Waals surface area contributed by atoms with Crippen LogP contribution in [-0.4, -0.2) is 73.6 Å². The SMILES string of the molecule is COc1cc2cc(c1O)N(C)C(=O)CCC1OC1CC1C[C@@](O)(NC(=O)O1)[C@H](OC)/C=C/C=C(\C)C2. The van der Waals surface area contributed by atoms with Crippen molar-refractivity contribution in [2.24, 2.45) is 0 Å². The fourth-order valence-electron chi connectivity index (χ4n) is 4.88. The maximum atomic E-state index is 12.9. The van der Waals surface area contributed by atoms with Crippen molar-refractivity contribution >= 4 is 17.7 Å². The summed E-state index contributed by atoms with van der Waals surface area (Å²) in [5, 5.41) is 24.4. The van der Waals surface area contributed by atoms with Crippen LogP contribution in [0.3, 0.4) is 0 Å². The maximum absolute atomic E-state index is 12.9. The van der Waals surface area contributed by atoms with Gasteiger partial charge in [0.1, 0.15) is 12.2 Å². The minimum atomic E-state index is -1.64. The molecule has 3 aliphatic heterocycles. The van der Waals surface area contributed by atoms with Crippen LogP contribution in [0.4, 0.5) is 10.5 Å². The Morgan fingerprint density at radius 1 is 1.22 bits per heavy atom. The first kappa shape index (κ1) is 26.0. The van der Waals surface area contributed by atoms with E-state index >= 15 is 0 Å². The van der Waals surface area contributed by atoms with Crippen LogP contribution in [0.25, 0.3) is 0 Å². The number of aromatic hydroxyl groups is 1. The molecule has 36 heavy (non-hydrogen) atoms. The molecule has 5 atom stereocenters. The number of ether oxygens (including phenoxy) is 4. The first-order chi connectivity index (χ1) is 17.1. The fourth-order valence-corrected chi connectivity index (χ4v) is 4.88. The second kappa shape index (κ2) is 10.5. The molecule has 0 spiro atoms. The van der Waals surface area contributed by atoms with Gasteiger partial charge in [0.15, 0.2) is 17.2 Å². The van der Waals surface area contributed by atoms with Crippen molar-refractivity contribution in [3.63, 3.8) is 0 Å². The van der Waals surface area contributed by atoms with Crippen LogP contribution in [0.1, 0.15) is 38.2 Å². The molecule has 3 unspecified atom stereocenters. The number of methoxy groups -OCH3 is 2. The van der Waals surface area contributed by atoms with Gasteiger partial charge in [-0.05, 0) is 37.5 Å². The number of allylic oxidation sites excluding steroid dienone is 3. The van der Waals surface area contributed by atoms with Gasteiger partial charge in [-0.25, -0.2) is 4.79 Å². The number of carbonyl (C=O) groups excluding carboxylic acids is 2. The molecule has 4 rings (SSSR count). The number of amides is 2. The number of nitrogens with zero attached hydrogens (tertiary/aromatic N) is 1. The molecule has 10 nitrogen and oxygen atoms in total. The molecule has 4 bridgehead atoms. The summed E-state index contributed by atoms with van der Waals surface area (Å²) in [6, 6.07) is 3.51. The van der Waals surface area contributed by atoms with E-state index in [2.05, 4.69) is 5.32 Å². The molecule has 0 radical (unpaired) electrons. The summed E-state index contributed by atoms with van der Waals surface area (Å²) in [6.45, 7) is 1.94. The molecule has 0 aliphatic carbocycles. The molecule has 2 fully saturated rings. The highest BCUT2D eigenvalue weighted by atomic mass is 16.6. The first-order valence-electron chi connectivity index (χ1n) is 12.0. The van der Waals surface area contributed by atoms with Crippen LogP contribution in [0.5, 0.6) is 11.5 Å². The smallest absolute Gasteiger partial charge is 0.409 e. The summed E-state index contributed by atoms with van der Waals surface area (Å²) in [5.74, 6) is 0.0203. The predicted molar refractivity (Wildman–Crippen MR) is 131 cm³/mol. The molecule has 0 saturated carbocycles. The molecule has 1 aromatic rings.